The van der Waals surface area contributed by atoms with Crippen molar-refractivity contribution >= 4 is 40.6 Å². The maximum atomic E-state index is 12.5. The minimum Gasteiger partial charge on any atom is -0.348 e. The molecule has 1 heterocycles. The van der Waals surface area contributed by atoms with Gasteiger partial charge in [0.1, 0.15) is 0 Å². The van der Waals surface area contributed by atoms with Crippen LogP contribution in [0.2, 0.25) is 5.02 Å². The highest BCUT2D eigenvalue weighted by atomic mass is 35.5. The lowest BCUT2D eigenvalue weighted by molar-refractivity contribution is 0.0951. The maximum Gasteiger partial charge on any atom is 0.262 e. The smallest absolute Gasteiger partial charge is 0.262 e. The molecule has 0 atom stereocenters. The van der Waals surface area contributed by atoms with Crippen molar-refractivity contribution in [2.24, 2.45) is 0 Å². The molecule has 0 saturated heterocycles. The molecule has 0 unspecified atom stereocenters. The summed E-state index contributed by atoms with van der Waals surface area (Å²) < 4.78 is 1.71. The van der Waals surface area contributed by atoms with Crippen LogP contribution in [-0.4, -0.2) is 15.5 Å². The maximum absolute atomic E-state index is 12.5. The Labute approximate surface area is 159 Å². The number of carbonyl (C=O) groups is 1. The Morgan fingerprint density at radius 1 is 1.27 bits per heavy atom. The van der Waals surface area contributed by atoms with Crippen molar-refractivity contribution in [1.82, 2.24) is 14.9 Å². The summed E-state index contributed by atoms with van der Waals surface area (Å²) in [5.74, 6) is -0.239. The summed E-state index contributed by atoms with van der Waals surface area (Å²) in [6, 6.07) is 12.1. The van der Waals surface area contributed by atoms with Crippen molar-refractivity contribution in [3.63, 3.8) is 0 Å². The fourth-order valence-electron chi connectivity index (χ4n) is 2.58. The van der Waals surface area contributed by atoms with E-state index in [1.54, 1.807) is 36.4 Å². The van der Waals surface area contributed by atoms with Crippen LogP contribution in [-0.2, 0) is 13.1 Å². The first-order valence-electron chi connectivity index (χ1n) is 7.90. The van der Waals surface area contributed by atoms with Crippen LogP contribution in [0.1, 0.15) is 15.9 Å². The number of H-pyrrole nitrogens is 1. The van der Waals surface area contributed by atoms with Crippen LogP contribution in [0.25, 0.3) is 10.9 Å². The molecule has 3 aromatic rings. The van der Waals surface area contributed by atoms with Crippen molar-refractivity contribution < 1.29 is 4.79 Å². The van der Waals surface area contributed by atoms with Gasteiger partial charge in [0.15, 0.2) is 4.77 Å². The Balaban J connectivity index is 1.86. The number of nitrogens with one attached hydrogen (secondary N) is 2. The van der Waals surface area contributed by atoms with E-state index in [0.717, 1.165) is 5.56 Å². The number of hydrogen-bond acceptors (Lipinski definition) is 3. The van der Waals surface area contributed by atoms with Gasteiger partial charge in [0.05, 0.1) is 10.9 Å². The number of aromatic nitrogens is 2. The summed E-state index contributed by atoms with van der Waals surface area (Å²) >= 11 is 11.1. The molecule has 0 radical (unpaired) electrons. The number of benzene rings is 2. The second-order valence-corrected chi connectivity index (χ2v) is 6.53. The zero-order valence-electron chi connectivity index (χ0n) is 13.8. The third-order valence-corrected chi connectivity index (χ3v) is 4.50. The lowest BCUT2D eigenvalue weighted by Crippen LogP contribution is -2.24. The number of allylic oxidation sites excluding steroid dienone is 1. The molecule has 0 saturated carbocycles. The van der Waals surface area contributed by atoms with E-state index in [9.17, 15) is 9.59 Å². The van der Waals surface area contributed by atoms with Gasteiger partial charge in [-0.25, -0.2) is 0 Å². The molecule has 2 aromatic carbocycles. The highest BCUT2D eigenvalue weighted by Crippen LogP contribution is 2.12. The number of amides is 1. The number of halogens is 1. The minimum atomic E-state index is -0.239. The Morgan fingerprint density at radius 2 is 2.00 bits per heavy atom. The van der Waals surface area contributed by atoms with Crippen LogP contribution in [0.3, 0.4) is 0 Å². The van der Waals surface area contributed by atoms with Gasteiger partial charge >= 0.3 is 0 Å². The molecule has 2 N–H and O–H groups in total. The van der Waals surface area contributed by atoms with Crippen LogP contribution in [0.4, 0.5) is 0 Å². The predicted octanol–water partition coefficient (Wildman–Crippen LogP) is 3.83. The van der Waals surface area contributed by atoms with E-state index in [2.05, 4.69) is 16.9 Å². The monoisotopic (exact) mass is 385 g/mol. The summed E-state index contributed by atoms with van der Waals surface area (Å²) in [4.78, 5) is 27.9. The average Bonchev–Trinajstić information content (AvgIpc) is 2.64. The summed E-state index contributed by atoms with van der Waals surface area (Å²) in [6.07, 6.45) is 1.61. The van der Waals surface area contributed by atoms with Gasteiger partial charge in [0.2, 0.25) is 0 Å². The normalized spacial score (nSPS) is 10.7. The summed E-state index contributed by atoms with van der Waals surface area (Å²) in [7, 11) is 0. The molecular weight excluding hydrogens is 370 g/mol. The van der Waals surface area contributed by atoms with Gasteiger partial charge in [-0.05, 0) is 48.1 Å². The fraction of sp³-hybridized carbons (Fsp3) is 0.105. The van der Waals surface area contributed by atoms with E-state index >= 15 is 0 Å². The number of rotatable bonds is 5. The highest BCUT2D eigenvalue weighted by Gasteiger charge is 2.10. The largest absolute Gasteiger partial charge is 0.348 e. The first-order chi connectivity index (χ1) is 12.5. The zero-order chi connectivity index (χ0) is 18.7. The highest BCUT2D eigenvalue weighted by molar-refractivity contribution is 7.71. The molecule has 0 aliphatic rings. The summed E-state index contributed by atoms with van der Waals surface area (Å²) in [5, 5.41) is 3.95. The Bertz CT molecular complexity index is 1100. The van der Waals surface area contributed by atoms with Gasteiger partial charge < -0.3 is 10.3 Å². The van der Waals surface area contributed by atoms with E-state index in [0.29, 0.717) is 39.3 Å². The Kier molecular flexibility index (Phi) is 5.35. The van der Waals surface area contributed by atoms with Gasteiger partial charge in [0.25, 0.3) is 11.5 Å². The van der Waals surface area contributed by atoms with Gasteiger partial charge in [0, 0.05) is 23.7 Å². The average molecular weight is 386 g/mol. The van der Waals surface area contributed by atoms with Crippen molar-refractivity contribution in [2.45, 2.75) is 13.1 Å². The number of carbonyl (C=O) groups excluding carboxylic acids is 1. The first kappa shape index (κ1) is 18.1. The van der Waals surface area contributed by atoms with E-state index in [4.69, 9.17) is 23.8 Å². The van der Waals surface area contributed by atoms with Crippen molar-refractivity contribution in [3.8, 4) is 0 Å². The van der Waals surface area contributed by atoms with E-state index < -0.39 is 0 Å². The zero-order valence-corrected chi connectivity index (χ0v) is 15.4. The van der Waals surface area contributed by atoms with Gasteiger partial charge in [-0.15, -0.1) is 6.58 Å². The summed E-state index contributed by atoms with van der Waals surface area (Å²) in [6.45, 7) is 4.33. The molecule has 0 aliphatic heterocycles. The lowest BCUT2D eigenvalue weighted by atomic mass is 10.1. The van der Waals surface area contributed by atoms with Crippen molar-refractivity contribution in [1.29, 1.82) is 0 Å². The second-order valence-electron chi connectivity index (χ2n) is 5.70. The minimum absolute atomic E-state index is 0.211. The van der Waals surface area contributed by atoms with Crippen molar-refractivity contribution in [2.75, 3.05) is 0 Å². The van der Waals surface area contributed by atoms with Crippen molar-refractivity contribution in [3.05, 3.63) is 86.4 Å². The molecule has 0 spiro atoms. The molecule has 7 heteroatoms. The third-order valence-electron chi connectivity index (χ3n) is 3.92. The molecular formula is C19H16ClN3O2S. The quantitative estimate of drug-likeness (QED) is 0.518. The van der Waals surface area contributed by atoms with Gasteiger partial charge in [-0.1, -0.05) is 29.8 Å². The van der Waals surface area contributed by atoms with Crippen LogP contribution in [0.5, 0.6) is 0 Å². The van der Waals surface area contributed by atoms with Gasteiger partial charge in [-0.2, -0.15) is 0 Å². The molecule has 0 aliphatic carbocycles. The molecule has 0 bridgehead atoms. The fourth-order valence-corrected chi connectivity index (χ4v) is 2.97. The van der Waals surface area contributed by atoms with E-state index in [1.807, 2.05) is 12.1 Å². The van der Waals surface area contributed by atoms with Crippen LogP contribution < -0.4 is 10.9 Å². The SMILES string of the molecule is C=CCn1c(=S)[nH]c2cc(C(=O)NCc3ccc(Cl)cc3)ccc2c1=O. The molecule has 1 aromatic heterocycles. The topological polar surface area (TPSA) is 66.9 Å². The second kappa shape index (κ2) is 7.68. The van der Waals surface area contributed by atoms with E-state index in [-0.39, 0.29) is 11.5 Å². The third kappa shape index (κ3) is 3.76. The van der Waals surface area contributed by atoms with Crippen LogP contribution in [0.15, 0.2) is 59.9 Å². The van der Waals surface area contributed by atoms with Gasteiger partial charge in [-0.3, -0.25) is 14.2 Å². The molecule has 0 fully saturated rings. The van der Waals surface area contributed by atoms with Crippen LogP contribution >= 0.6 is 23.8 Å². The molecule has 26 heavy (non-hydrogen) atoms. The first-order valence-corrected chi connectivity index (χ1v) is 8.68. The number of aromatic amines is 1. The number of fused-ring (bicyclic) bond motifs is 1. The number of nitrogens with zero attached hydrogens (tertiary/aromatic N) is 1. The molecule has 1 amide bonds. The summed E-state index contributed by atoms with van der Waals surface area (Å²) in [5.41, 5.74) is 1.70. The lowest BCUT2D eigenvalue weighted by Gasteiger charge is -2.08. The van der Waals surface area contributed by atoms with Crippen LogP contribution in [0, 0.1) is 4.77 Å². The predicted molar refractivity (Wildman–Crippen MR) is 106 cm³/mol. The Morgan fingerprint density at radius 3 is 2.69 bits per heavy atom. The van der Waals surface area contributed by atoms with E-state index in [1.165, 1.54) is 4.57 Å². The Hall–Kier alpha value is -2.70. The standard InChI is InChI=1S/C19H16ClN3O2S/c1-2-9-23-18(25)15-8-5-13(10-16(15)22-19(23)26)17(24)21-11-12-3-6-14(20)7-4-12/h2-8,10H,1,9,11H2,(H,21,24)(H,22,26). The molecule has 5 nitrogen and oxygen atoms in total. The number of hydrogen-bond donors (Lipinski definition) is 2. The molecule has 3 rings (SSSR count). The molecule has 132 valence electrons.